The van der Waals surface area contributed by atoms with Gasteiger partial charge in [-0.15, -0.1) is 0 Å². The van der Waals surface area contributed by atoms with Crippen molar-refractivity contribution in [1.82, 2.24) is 9.80 Å². The number of para-hydroxylation sites is 1. The first-order chi connectivity index (χ1) is 16.1. The van der Waals surface area contributed by atoms with Gasteiger partial charge < -0.3 is 19.9 Å². The number of nitrogens with one attached hydrogen (secondary N) is 1. The minimum absolute atomic E-state index is 0.0320. The van der Waals surface area contributed by atoms with E-state index in [-0.39, 0.29) is 18.4 Å². The summed E-state index contributed by atoms with van der Waals surface area (Å²) in [6.07, 6.45) is 1.32. The minimum Gasteiger partial charge on any atom is -0.483 e. The third kappa shape index (κ3) is 5.21. The number of piperazine rings is 1. The van der Waals surface area contributed by atoms with Crippen molar-refractivity contribution < 1.29 is 14.3 Å². The van der Waals surface area contributed by atoms with Crippen LogP contribution in [0.3, 0.4) is 0 Å². The lowest BCUT2D eigenvalue weighted by Crippen LogP contribution is -2.52. The molecule has 2 amide bonds. The van der Waals surface area contributed by atoms with Gasteiger partial charge in [-0.25, -0.2) is 0 Å². The highest BCUT2D eigenvalue weighted by molar-refractivity contribution is 6.01. The van der Waals surface area contributed by atoms with Crippen LogP contribution in [0.2, 0.25) is 0 Å². The van der Waals surface area contributed by atoms with E-state index in [0.29, 0.717) is 38.5 Å². The lowest BCUT2D eigenvalue weighted by molar-refractivity contribution is -0.135. The first-order valence-corrected chi connectivity index (χ1v) is 11.0. The molecule has 0 aromatic heterocycles. The Morgan fingerprint density at radius 2 is 1.61 bits per heavy atom. The van der Waals surface area contributed by atoms with Crippen molar-refractivity contribution in [2.24, 2.45) is 0 Å². The molecule has 0 bridgehead atoms. The summed E-state index contributed by atoms with van der Waals surface area (Å²) in [5.41, 5.74) is 1.68. The van der Waals surface area contributed by atoms with Crippen LogP contribution in [0, 0.1) is 5.41 Å². The number of fused-ring (bicyclic) bond motifs is 1. The Morgan fingerprint density at radius 1 is 0.939 bits per heavy atom. The van der Waals surface area contributed by atoms with Crippen LogP contribution in [0.5, 0.6) is 5.75 Å². The second-order valence-corrected chi connectivity index (χ2v) is 8.08. The van der Waals surface area contributed by atoms with E-state index in [0.717, 1.165) is 22.0 Å². The zero-order chi connectivity index (χ0) is 23.2. The summed E-state index contributed by atoms with van der Waals surface area (Å²) in [6.45, 7) is 2.73. The van der Waals surface area contributed by atoms with Gasteiger partial charge in [-0.2, -0.15) is 0 Å². The molecule has 7 heteroatoms. The molecule has 4 rings (SSSR count). The summed E-state index contributed by atoms with van der Waals surface area (Å²) in [4.78, 5) is 30.9. The third-order valence-corrected chi connectivity index (χ3v) is 6.03. The minimum atomic E-state index is -0.0670. The van der Waals surface area contributed by atoms with Crippen molar-refractivity contribution in [1.29, 1.82) is 5.41 Å². The predicted octanol–water partition coefficient (Wildman–Crippen LogP) is 3.02. The molecule has 1 fully saturated rings. The summed E-state index contributed by atoms with van der Waals surface area (Å²) in [5.74, 6) is 0.602. The second-order valence-electron chi connectivity index (χ2n) is 8.08. The van der Waals surface area contributed by atoms with Crippen molar-refractivity contribution in [3.05, 3.63) is 72.3 Å². The van der Waals surface area contributed by atoms with Crippen molar-refractivity contribution >= 4 is 34.5 Å². The van der Waals surface area contributed by atoms with E-state index in [4.69, 9.17) is 10.1 Å². The van der Waals surface area contributed by atoms with Crippen LogP contribution in [0.1, 0.15) is 5.56 Å². The fourth-order valence-corrected chi connectivity index (χ4v) is 4.03. The van der Waals surface area contributed by atoms with Crippen molar-refractivity contribution in [2.45, 2.75) is 0 Å². The molecule has 1 aliphatic rings. The first kappa shape index (κ1) is 22.5. The van der Waals surface area contributed by atoms with Crippen LogP contribution in [0.15, 0.2) is 66.7 Å². The third-order valence-electron chi connectivity index (χ3n) is 6.03. The van der Waals surface area contributed by atoms with Gasteiger partial charge in [-0.3, -0.25) is 14.5 Å². The number of benzene rings is 3. The van der Waals surface area contributed by atoms with Crippen LogP contribution < -0.4 is 9.64 Å². The van der Waals surface area contributed by atoms with E-state index in [1.54, 1.807) is 16.8 Å². The van der Waals surface area contributed by atoms with Gasteiger partial charge in [-0.05, 0) is 29.7 Å². The highest BCUT2D eigenvalue weighted by Gasteiger charge is 2.24. The van der Waals surface area contributed by atoms with Crippen LogP contribution in [0.25, 0.3) is 10.8 Å². The molecule has 170 valence electrons. The number of hydrogen-bond donors (Lipinski definition) is 1. The van der Waals surface area contributed by atoms with E-state index >= 15 is 0 Å². The van der Waals surface area contributed by atoms with Gasteiger partial charge in [-0.1, -0.05) is 42.5 Å². The topological polar surface area (TPSA) is 76.9 Å². The molecule has 0 aliphatic carbocycles. The average molecular weight is 445 g/mol. The number of ether oxygens (including phenoxy) is 1. The largest absolute Gasteiger partial charge is 0.483 e. The lowest BCUT2D eigenvalue weighted by Gasteiger charge is -2.35. The van der Waals surface area contributed by atoms with Crippen molar-refractivity contribution in [2.75, 3.05) is 51.3 Å². The van der Waals surface area contributed by atoms with Gasteiger partial charge in [0.05, 0.1) is 6.54 Å². The number of carbonyl (C=O) groups is 2. The Bertz CT molecular complexity index is 1140. The summed E-state index contributed by atoms with van der Waals surface area (Å²) >= 11 is 0. The fraction of sp³-hybridized carbons (Fsp3) is 0.269. The molecular weight excluding hydrogens is 416 g/mol. The molecule has 33 heavy (non-hydrogen) atoms. The summed E-state index contributed by atoms with van der Waals surface area (Å²) in [6, 6.07) is 20.9. The van der Waals surface area contributed by atoms with Crippen molar-refractivity contribution in [3.8, 4) is 5.75 Å². The fourth-order valence-electron chi connectivity index (χ4n) is 4.03. The highest BCUT2D eigenvalue weighted by atomic mass is 16.5. The van der Waals surface area contributed by atoms with Crippen LogP contribution in [-0.4, -0.2) is 74.2 Å². The van der Waals surface area contributed by atoms with E-state index in [1.807, 2.05) is 66.7 Å². The quantitative estimate of drug-likeness (QED) is 0.569. The van der Waals surface area contributed by atoms with Gasteiger partial charge in [0.2, 0.25) is 5.91 Å². The van der Waals surface area contributed by atoms with E-state index in [2.05, 4.69) is 4.90 Å². The molecule has 1 saturated heterocycles. The summed E-state index contributed by atoms with van der Waals surface area (Å²) in [7, 11) is 1.78. The zero-order valence-electron chi connectivity index (χ0n) is 18.7. The Hall–Kier alpha value is -3.71. The molecule has 3 aromatic carbocycles. The number of likely N-dealkylation sites (N-methyl/N-ethyl adjacent to an activating group) is 1. The van der Waals surface area contributed by atoms with E-state index in [9.17, 15) is 9.59 Å². The first-order valence-electron chi connectivity index (χ1n) is 11.0. The molecule has 0 unspecified atom stereocenters. The number of anilines is 1. The predicted molar refractivity (Wildman–Crippen MR) is 130 cm³/mol. The number of carbonyl (C=O) groups excluding carboxylic acids is 2. The number of hydrogen-bond acceptors (Lipinski definition) is 5. The second kappa shape index (κ2) is 10.3. The van der Waals surface area contributed by atoms with E-state index in [1.165, 1.54) is 6.21 Å². The highest BCUT2D eigenvalue weighted by Crippen LogP contribution is 2.28. The Labute approximate surface area is 193 Å². The number of nitrogens with zero attached hydrogens (tertiary/aromatic N) is 3. The maximum atomic E-state index is 12.7. The van der Waals surface area contributed by atoms with Crippen LogP contribution in [0.4, 0.5) is 5.69 Å². The molecular formula is C26H28N4O3. The maximum absolute atomic E-state index is 12.7. The SMILES string of the molecule is CN(C(=O)CN1CCN(C(=O)COc2ccc(C=N)c3ccccc23)CC1)c1ccccc1. The lowest BCUT2D eigenvalue weighted by atomic mass is 10.0. The molecule has 7 nitrogen and oxygen atoms in total. The van der Waals surface area contributed by atoms with Gasteiger partial charge in [0, 0.05) is 56.1 Å². The standard InChI is InChI=1S/C26H28N4O3/c1-28(21-7-3-2-4-8-21)25(31)18-29-13-15-30(16-14-29)26(32)19-33-24-12-11-20(17-27)22-9-5-6-10-23(22)24/h2-12,17,27H,13-16,18-19H2,1H3. The van der Waals surface area contributed by atoms with Gasteiger partial charge >= 0.3 is 0 Å². The Morgan fingerprint density at radius 3 is 2.30 bits per heavy atom. The van der Waals surface area contributed by atoms with Crippen LogP contribution in [-0.2, 0) is 9.59 Å². The molecule has 0 radical (unpaired) electrons. The van der Waals surface area contributed by atoms with Crippen molar-refractivity contribution in [3.63, 3.8) is 0 Å². The molecule has 1 aliphatic heterocycles. The Kier molecular flexibility index (Phi) is 7.00. The Balaban J connectivity index is 1.28. The van der Waals surface area contributed by atoms with E-state index < -0.39 is 0 Å². The smallest absolute Gasteiger partial charge is 0.260 e. The molecule has 1 heterocycles. The normalized spacial score (nSPS) is 14.2. The average Bonchev–Trinajstić information content (AvgIpc) is 2.87. The molecule has 0 saturated carbocycles. The maximum Gasteiger partial charge on any atom is 0.260 e. The summed E-state index contributed by atoms with van der Waals surface area (Å²) < 4.78 is 5.86. The molecule has 0 atom stereocenters. The zero-order valence-corrected chi connectivity index (χ0v) is 18.7. The van der Waals surface area contributed by atoms with Gasteiger partial charge in [0.25, 0.3) is 5.91 Å². The molecule has 3 aromatic rings. The number of rotatable bonds is 7. The summed E-state index contributed by atoms with van der Waals surface area (Å²) in [5, 5.41) is 9.39. The molecule has 1 N–H and O–H groups in total. The molecule has 0 spiro atoms. The van der Waals surface area contributed by atoms with Crippen LogP contribution >= 0.6 is 0 Å². The van der Waals surface area contributed by atoms with Gasteiger partial charge in [0.15, 0.2) is 6.61 Å². The monoisotopic (exact) mass is 444 g/mol. The number of amides is 2. The van der Waals surface area contributed by atoms with Gasteiger partial charge in [0.1, 0.15) is 5.75 Å².